The van der Waals surface area contributed by atoms with Crippen molar-refractivity contribution in [2.24, 2.45) is 11.7 Å². The summed E-state index contributed by atoms with van der Waals surface area (Å²) in [5, 5.41) is 11.9. The zero-order valence-electron chi connectivity index (χ0n) is 11.9. The van der Waals surface area contributed by atoms with Crippen LogP contribution in [-0.4, -0.2) is 24.8 Å². The quantitative estimate of drug-likeness (QED) is 0.897. The third-order valence-electron chi connectivity index (χ3n) is 4.37. The number of fused-ring (bicyclic) bond motifs is 1. The fourth-order valence-electron chi connectivity index (χ4n) is 3.19. The number of aliphatic hydroxyl groups excluding tert-OH is 1. The van der Waals surface area contributed by atoms with Crippen LogP contribution in [0.2, 0.25) is 0 Å². The highest BCUT2D eigenvalue weighted by Crippen LogP contribution is 2.32. The van der Waals surface area contributed by atoms with E-state index in [0.29, 0.717) is 12.5 Å². The molecule has 0 bridgehead atoms. The first-order chi connectivity index (χ1) is 9.69. The lowest BCUT2D eigenvalue weighted by Gasteiger charge is -2.35. The molecule has 1 fully saturated rings. The van der Waals surface area contributed by atoms with E-state index in [0.717, 1.165) is 19.4 Å². The van der Waals surface area contributed by atoms with Gasteiger partial charge in [-0.25, -0.2) is 0 Å². The molecule has 0 spiro atoms. The fourth-order valence-corrected chi connectivity index (χ4v) is 3.19. The molecule has 0 amide bonds. The van der Waals surface area contributed by atoms with Gasteiger partial charge in [0.2, 0.25) is 0 Å². The molecule has 2 aromatic rings. The van der Waals surface area contributed by atoms with Gasteiger partial charge in [0, 0.05) is 31.2 Å². The zero-order valence-corrected chi connectivity index (χ0v) is 11.9. The van der Waals surface area contributed by atoms with E-state index in [-0.39, 0.29) is 6.10 Å². The minimum Gasteiger partial charge on any atom is -0.393 e. The van der Waals surface area contributed by atoms with Crippen LogP contribution in [0.5, 0.6) is 0 Å². The molecule has 0 aromatic heterocycles. The van der Waals surface area contributed by atoms with Crippen molar-refractivity contribution in [3.05, 3.63) is 42.0 Å². The number of anilines is 1. The third kappa shape index (κ3) is 2.39. The number of benzene rings is 2. The van der Waals surface area contributed by atoms with E-state index < -0.39 is 0 Å². The Hall–Kier alpha value is -1.58. The summed E-state index contributed by atoms with van der Waals surface area (Å²) in [6.45, 7) is 1.57. The van der Waals surface area contributed by atoms with E-state index in [9.17, 15) is 5.11 Å². The van der Waals surface area contributed by atoms with Crippen LogP contribution in [0.3, 0.4) is 0 Å². The molecule has 20 heavy (non-hydrogen) atoms. The van der Waals surface area contributed by atoms with E-state index in [2.05, 4.69) is 48.3 Å². The van der Waals surface area contributed by atoms with Gasteiger partial charge in [-0.3, -0.25) is 0 Å². The lowest BCUT2D eigenvalue weighted by atomic mass is 9.82. The van der Waals surface area contributed by atoms with Gasteiger partial charge in [-0.05, 0) is 35.8 Å². The van der Waals surface area contributed by atoms with Crippen LogP contribution in [0.4, 0.5) is 5.69 Å². The Labute approximate surface area is 120 Å². The first kappa shape index (κ1) is 13.4. The predicted molar refractivity (Wildman–Crippen MR) is 83.8 cm³/mol. The smallest absolute Gasteiger partial charge is 0.0546 e. The van der Waals surface area contributed by atoms with Crippen LogP contribution in [0.25, 0.3) is 10.8 Å². The van der Waals surface area contributed by atoms with Crippen molar-refractivity contribution in [2.75, 3.05) is 18.5 Å². The van der Waals surface area contributed by atoms with E-state index in [4.69, 9.17) is 5.73 Å². The number of nitrogens with two attached hydrogens (primary N) is 1. The van der Waals surface area contributed by atoms with Gasteiger partial charge in [0.05, 0.1) is 6.10 Å². The van der Waals surface area contributed by atoms with Gasteiger partial charge >= 0.3 is 0 Å². The van der Waals surface area contributed by atoms with Crippen molar-refractivity contribution in [2.45, 2.75) is 25.5 Å². The maximum absolute atomic E-state index is 9.41. The molecule has 0 radical (unpaired) electrons. The van der Waals surface area contributed by atoms with Crippen molar-refractivity contribution >= 4 is 16.5 Å². The average molecular weight is 270 g/mol. The minimum absolute atomic E-state index is 0.0789. The molecule has 0 saturated heterocycles. The van der Waals surface area contributed by atoms with Gasteiger partial charge < -0.3 is 15.7 Å². The summed E-state index contributed by atoms with van der Waals surface area (Å²) >= 11 is 0. The molecule has 3 heteroatoms. The highest BCUT2D eigenvalue weighted by Gasteiger charge is 2.28. The number of rotatable bonds is 4. The molecule has 0 heterocycles. The molecule has 106 valence electrons. The van der Waals surface area contributed by atoms with Crippen LogP contribution in [0.1, 0.15) is 18.4 Å². The van der Waals surface area contributed by atoms with Crippen molar-refractivity contribution in [1.82, 2.24) is 0 Å². The second-order valence-electron chi connectivity index (χ2n) is 5.87. The minimum atomic E-state index is -0.0789. The molecule has 3 rings (SSSR count). The first-order valence-corrected chi connectivity index (χ1v) is 7.29. The molecule has 1 aliphatic rings. The fraction of sp³-hybridized carbons (Fsp3) is 0.412. The molecule has 0 unspecified atom stereocenters. The molecular formula is C17H22N2O. The summed E-state index contributed by atoms with van der Waals surface area (Å²) in [6, 6.07) is 12.7. The topological polar surface area (TPSA) is 49.5 Å². The van der Waals surface area contributed by atoms with Gasteiger partial charge in [0.25, 0.3) is 0 Å². The average Bonchev–Trinajstić information content (AvgIpc) is 2.44. The van der Waals surface area contributed by atoms with Crippen LogP contribution in [-0.2, 0) is 6.54 Å². The number of hydrogen-bond donors (Lipinski definition) is 2. The Morgan fingerprint density at radius 1 is 1.15 bits per heavy atom. The largest absolute Gasteiger partial charge is 0.393 e. The zero-order chi connectivity index (χ0) is 14.1. The van der Waals surface area contributed by atoms with Crippen LogP contribution < -0.4 is 10.6 Å². The summed E-state index contributed by atoms with van der Waals surface area (Å²) in [5.74, 6) is 0.614. The monoisotopic (exact) mass is 270 g/mol. The maximum Gasteiger partial charge on any atom is 0.0546 e. The van der Waals surface area contributed by atoms with Crippen molar-refractivity contribution < 1.29 is 5.11 Å². The molecule has 1 aliphatic carbocycles. The predicted octanol–water partition coefficient (Wildman–Crippen LogP) is 2.51. The number of nitrogens with zero attached hydrogens (tertiary/aromatic N) is 1. The second-order valence-corrected chi connectivity index (χ2v) is 5.87. The highest BCUT2D eigenvalue weighted by atomic mass is 16.3. The van der Waals surface area contributed by atoms with Crippen molar-refractivity contribution in [3.63, 3.8) is 0 Å². The number of hydrogen-bond acceptors (Lipinski definition) is 3. The summed E-state index contributed by atoms with van der Waals surface area (Å²) in [4.78, 5) is 2.30. The lowest BCUT2D eigenvalue weighted by molar-refractivity contribution is 0.0465. The van der Waals surface area contributed by atoms with E-state index >= 15 is 0 Å². The van der Waals surface area contributed by atoms with E-state index in [1.807, 2.05) is 0 Å². The molecule has 2 aromatic carbocycles. The Balaban J connectivity index is 1.91. The maximum atomic E-state index is 9.41. The standard InChI is InChI=1S/C17H22N2O/c1-19(11-12-8-14(20)9-12)17-7-6-13(10-18)15-4-2-3-5-16(15)17/h2-7,12,14,20H,8-11,18H2,1H3. The third-order valence-corrected chi connectivity index (χ3v) is 4.37. The summed E-state index contributed by atoms with van der Waals surface area (Å²) in [5.41, 5.74) is 8.27. The second kappa shape index (κ2) is 5.43. The molecule has 1 saturated carbocycles. The first-order valence-electron chi connectivity index (χ1n) is 7.29. The Kier molecular flexibility index (Phi) is 3.64. The van der Waals surface area contributed by atoms with Crippen molar-refractivity contribution in [3.8, 4) is 0 Å². The van der Waals surface area contributed by atoms with Crippen LogP contribution in [0.15, 0.2) is 36.4 Å². The van der Waals surface area contributed by atoms with Crippen LogP contribution >= 0.6 is 0 Å². The van der Waals surface area contributed by atoms with Crippen LogP contribution in [0, 0.1) is 5.92 Å². The SMILES string of the molecule is CN(CC1CC(O)C1)c1ccc(CN)c2ccccc12. The van der Waals surface area contributed by atoms with Gasteiger partial charge in [-0.1, -0.05) is 30.3 Å². The normalized spacial score (nSPS) is 21.8. The molecule has 3 N–H and O–H groups in total. The molecule has 3 nitrogen and oxygen atoms in total. The molecular weight excluding hydrogens is 248 g/mol. The summed E-state index contributed by atoms with van der Waals surface area (Å²) < 4.78 is 0. The van der Waals surface area contributed by atoms with E-state index in [1.165, 1.54) is 22.0 Å². The summed E-state index contributed by atoms with van der Waals surface area (Å²) in [6.07, 6.45) is 1.79. The Bertz CT molecular complexity index is 605. The Morgan fingerprint density at radius 3 is 2.50 bits per heavy atom. The Morgan fingerprint density at radius 2 is 1.85 bits per heavy atom. The lowest BCUT2D eigenvalue weighted by Crippen LogP contribution is -2.37. The molecule has 0 aliphatic heterocycles. The van der Waals surface area contributed by atoms with Gasteiger partial charge in [-0.15, -0.1) is 0 Å². The van der Waals surface area contributed by atoms with Gasteiger partial charge in [0.15, 0.2) is 0 Å². The summed E-state index contributed by atoms with van der Waals surface area (Å²) in [7, 11) is 2.13. The van der Waals surface area contributed by atoms with Gasteiger partial charge in [-0.2, -0.15) is 0 Å². The highest BCUT2D eigenvalue weighted by molar-refractivity contribution is 5.96. The van der Waals surface area contributed by atoms with Crippen molar-refractivity contribution in [1.29, 1.82) is 0 Å². The van der Waals surface area contributed by atoms with Gasteiger partial charge in [0.1, 0.15) is 0 Å². The van der Waals surface area contributed by atoms with E-state index in [1.54, 1.807) is 0 Å². The molecule has 0 atom stereocenters. The number of aliphatic hydroxyl groups is 1.